The van der Waals surface area contributed by atoms with E-state index in [0.29, 0.717) is 17.3 Å². The molecule has 0 aromatic carbocycles. The lowest BCUT2D eigenvalue weighted by Gasteiger charge is -2.52. The third-order valence-corrected chi connectivity index (χ3v) is 8.93. The lowest BCUT2D eigenvalue weighted by Crippen LogP contribution is -2.49. The van der Waals surface area contributed by atoms with Crippen molar-refractivity contribution < 1.29 is 10.2 Å². The van der Waals surface area contributed by atoms with E-state index in [1.165, 1.54) is 45.1 Å². The summed E-state index contributed by atoms with van der Waals surface area (Å²) in [5, 5.41) is 24.2. The molecule has 0 aliphatic heterocycles. The molecule has 0 amide bonds. The molecule has 3 heteroatoms. The largest absolute Gasteiger partial charge is 0.396 e. The summed E-state index contributed by atoms with van der Waals surface area (Å²) in [6, 6.07) is 0. The lowest BCUT2D eigenvalue weighted by atomic mass is 9.53. The summed E-state index contributed by atoms with van der Waals surface area (Å²) in [6.45, 7) is 9.85. The van der Waals surface area contributed by atoms with E-state index in [9.17, 15) is 10.2 Å². The maximum Gasteiger partial charge on any atom is 0.0544 e. The van der Waals surface area contributed by atoms with E-state index in [0.717, 1.165) is 31.7 Å². The maximum absolute atomic E-state index is 10.2. The summed E-state index contributed by atoms with van der Waals surface area (Å²) < 4.78 is 0. The molecule has 154 valence electrons. The first kappa shape index (κ1) is 19.9. The van der Waals surface area contributed by atoms with Crippen LogP contribution in [0, 0.1) is 34.5 Å². The van der Waals surface area contributed by atoms with Crippen LogP contribution < -0.4 is 5.32 Å². The van der Waals surface area contributed by atoms with Gasteiger partial charge in [-0.3, -0.25) is 0 Å². The Balaban J connectivity index is 1.59. The van der Waals surface area contributed by atoms with Gasteiger partial charge >= 0.3 is 0 Å². The van der Waals surface area contributed by atoms with E-state index in [2.05, 4.69) is 26.1 Å². The Hall–Kier alpha value is -0.380. The fourth-order valence-corrected chi connectivity index (χ4v) is 6.82. The minimum Gasteiger partial charge on any atom is -0.396 e. The fourth-order valence-electron chi connectivity index (χ4n) is 6.82. The summed E-state index contributed by atoms with van der Waals surface area (Å²) in [4.78, 5) is 0. The van der Waals surface area contributed by atoms with Crippen LogP contribution in [0.4, 0.5) is 0 Å². The van der Waals surface area contributed by atoms with Crippen LogP contribution >= 0.6 is 0 Å². The van der Waals surface area contributed by atoms with E-state index in [4.69, 9.17) is 0 Å². The lowest BCUT2D eigenvalue weighted by molar-refractivity contribution is -0.0583. The highest BCUT2D eigenvalue weighted by Gasteiger charge is 2.51. The molecule has 4 aliphatic rings. The van der Waals surface area contributed by atoms with Gasteiger partial charge in [0.1, 0.15) is 0 Å². The molecule has 2 fully saturated rings. The number of nitrogens with one attached hydrogen (secondary N) is 1. The van der Waals surface area contributed by atoms with Gasteiger partial charge in [0.15, 0.2) is 0 Å². The smallest absolute Gasteiger partial charge is 0.0544 e. The van der Waals surface area contributed by atoms with Crippen molar-refractivity contribution in [1.29, 1.82) is 0 Å². The predicted octanol–water partition coefficient (Wildman–Crippen LogP) is 4.29. The zero-order chi connectivity index (χ0) is 19.2. The monoisotopic (exact) mass is 375 g/mol. The number of allylic oxidation sites excluding steroid dienone is 1. The van der Waals surface area contributed by atoms with Gasteiger partial charge in [0.05, 0.1) is 6.10 Å². The average molecular weight is 376 g/mol. The average Bonchev–Trinajstić information content (AvgIpc) is 3.41. The van der Waals surface area contributed by atoms with E-state index < -0.39 is 0 Å². The van der Waals surface area contributed by atoms with Gasteiger partial charge in [-0.2, -0.15) is 0 Å². The highest BCUT2D eigenvalue weighted by atomic mass is 16.3. The molecule has 3 N–H and O–H groups in total. The molecular formula is C24H41NO2. The van der Waals surface area contributed by atoms with E-state index in [1.54, 1.807) is 11.1 Å². The molecule has 2 saturated carbocycles. The quantitative estimate of drug-likeness (QED) is 0.607. The van der Waals surface area contributed by atoms with Crippen LogP contribution in [0.3, 0.4) is 0 Å². The van der Waals surface area contributed by atoms with Crippen molar-refractivity contribution in [1.82, 2.24) is 5.32 Å². The van der Waals surface area contributed by atoms with Crippen molar-refractivity contribution >= 4 is 0 Å². The van der Waals surface area contributed by atoms with Gasteiger partial charge in [-0.25, -0.2) is 0 Å². The molecule has 5 unspecified atom stereocenters. The zero-order valence-electron chi connectivity index (χ0n) is 17.8. The fraction of sp³-hybridized carbons (Fsp3) is 0.917. The normalized spacial score (nSPS) is 41.7. The highest BCUT2D eigenvalue weighted by molar-refractivity contribution is 5.32. The van der Waals surface area contributed by atoms with E-state index in [1.807, 2.05) is 0 Å². The molecular weight excluding hydrogens is 334 g/mol. The minimum absolute atomic E-state index is 0.158. The molecule has 0 aromatic heterocycles. The summed E-state index contributed by atoms with van der Waals surface area (Å²) in [6.07, 6.45) is 10.4. The van der Waals surface area contributed by atoms with Crippen molar-refractivity contribution in [2.75, 3.05) is 19.7 Å². The minimum atomic E-state index is -0.217. The second-order valence-corrected chi connectivity index (χ2v) is 11.1. The first-order chi connectivity index (χ1) is 12.8. The number of aliphatic hydroxyl groups excluding tert-OH is 2. The van der Waals surface area contributed by atoms with Gasteiger partial charge < -0.3 is 15.5 Å². The summed E-state index contributed by atoms with van der Waals surface area (Å²) in [5.74, 6) is 2.44. The SMILES string of the molecule is CC1(C)CCC2=C1CCC(C1(C)CCC(O)CC1CO)C2CNCC1CC1. The van der Waals surface area contributed by atoms with Crippen LogP contribution in [0.25, 0.3) is 0 Å². The first-order valence-electron chi connectivity index (χ1n) is 11.6. The predicted molar refractivity (Wildman–Crippen MR) is 110 cm³/mol. The Morgan fingerprint density at radius 3 is 2.48 bits per heavy atom. The maximum atomic E-state index is 10.2. The van der Waals surface area contributed by atoms with Crippen LogP contribution in [0.1, 0.15) is 78.6 Å². The van der Waals surface area contributed by atoms with Gasteiger partial charge in [-0.15, -0.1) is 0 Å². The molecule has 27 heavy (non-hydrogen) atoms. The van der Waals surface area contributed by atoms with Crippen LogP contribution in [0.2, 0.25) is 0 Å². The number of aliphatic hydroxyl groups is 2. The third kappa shape index (κ3) is 3.76. The van der Waals surface area contributed by atoms with Crippen LogP contribution in [0.15, 0.2) is 11.1 Å². The third-order valence-electron chi connectivity index (χ3n) is 8.93. The van der Waals surface area contributed by atoms with E-state index in [-0.39, 0.29) is 24.0 Å². The molecule has 0 saturated heterocycles. The molecule has 5 atom stereocenters. The molecule has 3 nitrogen and oxygen atoms in total. The van der Waals surface area contributed by atoms with Gasteiger partial charge in [0.2, 0.25) is 0 Å². The van der Waals surface area contributed by atoms with Gasteiger partial charge in [-0.05, 0) is 98.8 Å². The molecule has 0 radical (unpaired) electrons. The van der Waals surface area contributed by atoms with Crippen molar-refractivity contribution in [3.8, 4) is 0 Å². The first-order valence-corrected chi connectivity index (χ1v) is 11.6. The molecule has 0 bridgehead atoms. The van der Waals surface area contributed by atoms with Gasteiger partial charge in [0, 0.05) is 13.2 Å². The Kier molecular flexibility index (Phi) is 5.50. The molecule has 4 aliphatic carbocycles. The Bertz CT molecular complexity index is 579. The Morgan fingerprint density at radius 2 is 1.78 bits per heavy atom. The van der Waals surface area contributed by atoms with Crippen LogP contribution in [-0.2, 0) is 0 Å². The standard InChI is InChI=1S/C24H41NO2/c1-23(2)10-9-19-20(14-25-13-16-4-5-16)22(7-6-21(19)23)24(3)11-8-18(27)12-17(24)15-26/h16-18,20,22,25-27H,4-15H2,1-3H3. The van der Waals surface area contributed by atoms with Crippen LogP contribution in [-0.4, -0.2) is 36.0 Å². The van der Waals surface area contributed by atoms with Crippen LogP contribution in [0.5, 0.6) is 0 Å². The topological polar surface area (TPSA) is 52.5 Å². The Morgan fingerprint density at radius 1 is 1.00 bits per heavy atom. The second kappa shape index (κ2) is 7.46. The van der Waals surface area contributed by atoms with Gasteiger partial charge in [0.25, 0.3) is 0 Å². The van der Waals surface area contributed by atoms with Crippen molar-refractivity contribution in [3.05, 3.63) is 11.1 Å². The second-order valence-electron chi connectivity index (χ2n) is 11.1. The Labute approximate surface area is 166 Å². The van der Waals surface area contributed by atoms with Gasteiger partial charge in [-0.1, -0.05) is 31.9 Å². The molecule has 0 heterocycles. The summed E-state index contributed by atoms with van der Waals surface area (Å²) in [7, 11) is 0. The summed E-state index contributed by atoms with van der Waals surface area (Å²) in [5.41, 5.74) is 4.07. The molecule has 0 aromatic rings. The number of rotatable bonds is 6. The number of hydrogen-bond acceptors (Lipinski definition) is 3. The highest BCUT2D eigenvalue weighted by Crippen LogP contribution is 2.59. The summed E-state index contributed by atoms with van der Waals surface area (Å²) >= 11 is 0. The van der Waals surface area contributed by atoms with Crippen molar-refractivity contribution in [2.45, 2.75) is 84.7 Å². The number of hydrogen-bond donors (Lipinski definition) is 3. The molecule has 4 rings (SSSR count). The van der Waals surface area contributed by atoms with Crippen molar-refractivity contribution in [2.24, 2.45) is 34.5 Å². The zero-order valence-corrected chi connectivity index (χ0v) is 17.8. The molecule has 0 spiro atoms. The van der Waals surface area contributed by atoms with Crippen molar-refractivity contribution in [3.63, 3.8) is 0 Å². The van der Waals surface area contributed by atoms with E-state index >= 15 is 0 Å².